The van der Waals surface area contributed by atoms with Crippen LogP contribution in [-0.2, 0) is 14.8 Å². The van der Waals surface area contributed by atoms with E-state index in [1.807, 2.05) is 0 Å². The summed E-state index contributed by atoms with van der Waals surface area (Å²) in [6, 6.07) is 9.04. The second kappa shape index (κ2) is 7.40. The number of nitrogens with one attached hydrogen (secondary N) is 2. The van der Waals surface area contributed by atoms with Gasteiger partial charge in [-0.05, 0) is 43.3 Å². The van der Waals surface area contributed by atoms with Crippen LogP contribution in [0.1, 0.15) is 11.5 Å². The van der Waals surface area contributed by atoms with Crippen molar-refractivity contribution >= 4 is 33.7 Å². The second-order valence-corrected chi connectivity index (χ2v) is 6.72. The minimum absolute atomic E-state index is 0.0178. The first-order chi connectivity index (χ1) is 10.9. The summed E-state index contributed by atoms with van der Waals surface area (Å²) in [6.07, 6.45) is 1.32. The lowest BCUT2D eigenvalue weighted by atomic mass is 10.4. The molecule has 0 unspecified atom stereocenters. The highest BCUT2D eigenvalue weighted by Crippen LogP contribution is 2.13. The van der Waals surface area contributed by atoms with Crippen molar-refractivity contribution in [2.24, 2.45) is 5.10 Å². The number of nitrogens with zero attached hydrogens (tertiary/aromatic N) is 1. The predicted molar refractivity (Wildman–Crippen MR) is 85.8 cm³/mol. The van der Waals surface area contributed by atoms with Crippen LogP contribution in [0.25, 0.3) is 0 Å². The molecule has 1 aromatic heterocycles. The molecule has 0 aliphatic carbocycles. The van der Waals surface area contributed by atoms with Crippen LogP contribution in [0, 0.1) is 6.92 Å². The van der Waals surface area contributed by atoms with Gasteiger partial charge in [0.15, 0.2) is 0 Å². The minimum Gasteiger partial charge on any atom is -0.460 e. The Balaban J connectivity index is 1.86. The monoisotopic (exact) mass is 355 g/mol. The molecule has 0 radical (unpaired) electrons. The highest BCUT2D eigenvalue weighted by Gasteiger charge is 2.15. The fourth-order valence-corrected chi connectivity index (χ4v) is 2.70. The van der Waals surface area contributed by atoms with E-state index in [0.29, 0.717) is 16.5 Å². The number of rotatable bonds is 6. The van der Waals surface area contributed by atoms with Crippen molar-refractivity contribution in [2.45, 2.75) is 11.8 Å². The molecule has 2 rings (SSSR count). The molecule has 122 valence electrons. The Morgan fingerprint density at radius 1 is 1.26 bits per heavy atom. The Labute approximate surface area is 138 Å². The predicted octanol–water partition coefficient (Wildman–Crippen LogP) is 1.67. The maximum absolute atomic E-state index is 12.0. The minimum atomic E-state index is -3.79. The first-order valence-electron chi connectivity index (χ1n) is 6.50. The molecule has 0 bridgehead atoms. The number of sulfonamides is 1. The van der Waals surface area contributed by atoms with E-state index in [4.69, 9.17) is 16.0 Å². The van der Waals surface area contributed by atoms with E-state index in [1.54, 1.807) is 19.1 Å². The van der Waals surface area contributed by atoms with E-state index in [-0.39, 0.29) is 4.90 Å². The van der Waals surface area contributed by atoms with Gasteiger partial charge in [0.05, 0.1) is 17.7 Å². The van der Waals surface area contributed by atoms with Gasteiger partial charge >= 0.3 is 0 Å². The summed E-state index contributed by atoms with van der Waals surface area (Å²) < 4.78 is 31.3. The van der Waals surface area contributed by atoms with Crippen LogP contribution in [0.2, 0.25) is 5.02 Å². The number of carbonyl (C=O) groups is 1. The Hall–Kier alpha value is -2.16. The lowest BCUT2D eigenvalue weighted by Gasteiger charge is -2.05. The number of carbonyl (C=O) groups excluding carboxylic acids is 1. The van der Waals surface area contributed by atoms with Crippen LogP contribution in [0.5, 0.6) is 0 Å². The first kappa shape index (κ1) is 17.2. The standard InChI is InChI=1S/C14H14ClN3O4S/c1-10-2-5-12(22-10)8-16-18-14(19)9-17-23(20,21)13-6-3-11(15)4-7-13/h2-8,17H,9H2,1H3,(H,18,19)/b16-8+. The lowest BCUT2D eigenvalue weighted by molar-refractivity contribution is -0.119. The van der Waals surface area contributed by atoms with Crippen LogP contribution in [-0.4, -0.2) is 27.1 Å². The van der Waals surface area contributed by atoms with Crippen molar-refractivity contribution in [2.75, 3.05) is 6.54 Å². The van der Waals surface area contributed by atoms with Crippen molar-refractivity contribution in [3.63, 3.8) is 0 Å². The molecule has 2 N–H and O–H groups in total. The summed E-state index contributed by atoms with van der Waals surface area (Å²) in [5, 5.41) is 4.09. The van der Waals surface area contributed by atoms with Crippen molar-refractivity contribution in [1.29, 1.82) is 0 Å². The van der Waals surface area contributed by atoms with E-state index in [9.17, 15) is 13.2 Å². The average Bonchev–Trinajstić information content (AvgIpc) is 2.91. The fourth-order valence-electron chi connectivity index (χ4n) is 1.59. The summed E-state index contributed by atoms with van der Waals surface area (Å²) in [7, 11) is -3.79. The van der Waals surface area contributed by atoms with Crippen LogP contribution < -0.4 is 10.1 Å². The van der Waals surface area contributed by atoms with Gasteiger partial charge in [0.1, 0.15) is 11.5 Å². The SMILES string of the molecule is Cc1ccc(/C=N/NC(=O)CNS(=O)(=O)c2ccc(Cl)cc2)o1. The molecule has 23 heavy (non-hydrogen) atoms. The van der Waals surface area contributed by atoms with Crippen LogP contribution in [0.3, 0.4) is 0 Å². The Morgan fingerprint density at radius 3 is 2.57 bits per heavy atom. The summed E-state index contributed by atoms with van der Waals surface area (Å²) >= 11 is 5.70. The largest absolute Gasteiger partial charge is 0.460 e. The zero-order chi connectivity index (χ0) is 16.9. The number of aryl methyl sites for hydroxylation is 1. The van der Waals surface area contributed by atoms with Gasteiger partial charge in [-0.2, -0.15) is 5.10 Å². The van der Waals surface area contributed by atoms with E-state index in [0.717, 1.165) is 0 Å². The number of hydrogen-bond acceptors (Lipinski definition) is 5. The van der Waals surface area contributed by atoms with Gasteiger partial charge in [0, 0.05) is 5.02 Å². The van der Waals surface area contributed by atoms with Crippen LogP contribution in [0.15, 0.2) is 50.8 Å². The topological polar surface area (TPSA) is 101 Å². The number of hydrazone groups is 1. The maximum Gasteiger partial charge on any atom is 0.255 e. The molecule has 0 aliphatic rings. The fraction of sp³-hybridized carbons (Fsp3) is 0.143. The Bertz CT molecular complexity index is 813. The molecule has 9 heteroatoms. The maximum atomic E-state index is 12.0. The number of halogens is 1. The van der Waals surface area contributed by atoms with Crippen LogP contribution >= 0.6 is 11.6 Å². The second-order valence-electron chi connectivity index (χ2n) is 4.52. The molecule has 0 spiro atoms. The van der Waals surface area contributed by atoms with Crippen LogP contribution in [0.4, 0.5) is 0 Å². The summed E-state index contributed by atoms with van der Waals surface area (Å²) in [6.45, 7) is 1.33. The molecular weight excluding hydrogens is 342 g/mol. The zero-order valence-electron chi connectivity index (χ0n) is 12.1. The first-order valence-corrected chi connectivity index (χ1v) is 8.36. The smallest absolute Gasteiger partial charge is 0.255 e. The summed E-state index contributed by atoms with van der Waals surface area (Å²) in [5.74, 6) is 0.583. The third-order valence-corrected chi connectivity index (χ3v) is 4.36. The highest BCUT2D eigenvalue weighted by atomic mass is 35.5. The van der Waals surface area contributed by atoms with E-state index >= 15 is 0 Å². The number of hydrogen-bond donors (Lipinski definition) is 2. The van der Waals surface area contributed by atoms with Gasteiger partial charge in [-0.1, -0.05) is 11.6 Å². The lowest BCUT2D eigenvalue weighted by Crippen LogP contribution is -2.34. The van der Waals surface area contributed by atoms with Gasteiger partial charge in [-0.3, -0.25) is 4.79 Å². The normalized spacial score (nSPS) is 11.7. The van der Waals surface area contributed by atoms with Crippen molar-refractivity contribution < 1.29 is 17.6 Å². The molecule has 0 atom stereocenters. The van der Waals surface area contributed by atoms with Gasteiger partial charge in [0.25, 0.3) is 5.91 Å². The molecular formula is C14H14ClN3O4S. The molecule has 0 aliphatic heterocycles. The number of benzene rings is 1. The molecule has 0 saturated carbocycles. The van der Waals surface area contributed by atoms with E-state index < -0.39 is 22.5 Å². The summed E-state index contributed by atoms with van der Waals surface area (Å²) in [5.41, 5.74) is 2.20. The quantitative estimate of drug-likeness (QED) is 0.608. The molecule has 0 fully saturated rings. The Morgan fingerprint density at radius 2 is 1.96 bits per heavy atom. The van der Waals surface area contributed by atoms with Gasteiger partial charge in [-0.15, -0.1) is 0 Å². The molecule has 7 nitrogen and oxygen atoms in total. The number of furan rings is 1. The van der Waals surface area contributed by atoms with Gasteiger partial charge in [0.2, 0.25) is 10.0 Å². The average molecular weight is 356 g/mol. The van der Waals surface area contributed by atoms with E-state index in [2.05, 4.69) is 15.2 Å². The van der Waals surface area contributed by atoms with Crippen molar-refractivity contribution in [3.8, 4) is 0 Å². The number of amides is 1. The third-order valence-electron chi connectivity index (χ3n) is 2.69. The third kappa shape index (κ3) is 5.20. The molecule has 2 aromatic rings. The molecule has 1 aromatic carbocycles. The van der Waals surface area contributed by atoms with Crippen molar-refractivity contribution in [3.05, 3.63) is 52.9 Å². The van der Waals surface area contributed by atoms with Crippen molar-refractivity contribution in [1.82, 2.24) is 10.1 Å². The Kier molecular flexibility index (Phi) is 5.54. The summed E-state index contributed by atoms with van der Waals surface area (Å²) in [4.78, 5) is 11.6. The zero-order valence-corrected chi connectivity index (χ0v) is 13.7. The molecule has 0 saturated heterocycles. The molecule has 1 amide bonds. The highest BCUT2D eigenvalue weighted by molar-refractivity contribution is 7.89. The van der Waals surface area contributed by atoms with Gasteiger partial charge in [-0.25, -0.2) is 18.6 Å². The molecule has 1 heterocycles. The van der Waals surface area contributed by atoms with E-state index in [1.165, 1.54) is 30.5 Å². The van der Waals surface area contributed by atoms with Gasteiger partial charge < -0.3 is 4.42 Å².